The second-order valence-corrected chi connectivity index (χ2v) is 7.99. The Balaban J connectivity index is 0. The van der Waals surface area contributed by atoms with Crippen molar-refractivity contribution in [1.29, 1.82) is 0 Å². The van der Waals surface area contributed by atoms with E-state index in [4.69, 9.17) is 0 Å². The third kappa shape index (κ3) is 20.7. The molecule has 0 aliphatic rings. The van der Waals surface area contributed by atoms with Crippen molar-refractivity contribution in [2.45, 2.75) is 105 Å². The molecular weight excluding hydrogens is 350 g/mol. The van der Waals surface area contributed by atoms with Gasteiger partial charge in [0, 0.05) is 5.57 Å². The fourth-order valence-electron chi connectivity index (χ4n) is 2.99. The van der Waals surface area contributed by atoms with E-state index in [1.807, 2.05) is 6.08 Å². The summed E-state index contributed by atoms with van der Waals surface area (Å²) in [7, 11) is 0. The number of aliphatic carboxylic acids is 1. The standard InChI is InChI=1S/C21H40O2.C3H5NO/c1-5-7-14-19(6-2)16-17-20(21(22)23)15-12-10-8-9-11-13-18(3)4;1-2-3(4)5/h17-19H,5-16H2,1-4H3,(H,22,23);2H,1H2,(H2,4,5). The van der Waals surface area contributed by atoms with Crippen molar-refractivity contribution in [3.63, 3.8) is 0 Å². The number of carboxylic acids is 1. The van der Waals surface area contributed by atoms with Gasteiger partial charge < -0.3 is 10.8 Å². The average Bonchev–Trinajstić information content (AvgIpc) is 2.65. The maximum Gasteiger partial charge on any atom is 0.331 e. The summed E-state index contributed by atoms with van der Waals surface area (Å²) in [5, 5.41) is 9.37. The fraction of sp³-hybridized carbons (Fsp3) is 0.750. The number of allylic oxidation sites excluding steroid dienone is 1. The lowest BCUT2D eigenvalue weighted by molar-refractivity contribution is -0.132. The van der Waals surface area contributed by atoms with Crippen molar-refractivity contribution in [1.82, 2.24) is 0 Å². The van der Waals surface area contributed by atoms with Gasteiger partial charge in [-0.3, -0.25) is 4.79 Å². The molecular formula is C24H45NO3. The topological polar surface area (TPSA) is 80.4 Å². The van der Waals surface area contributed by atoms with Crippen LogP contribution < -0.4 is 5.73 Å². The summed E-state index contributed by atoms with van der Waals surface area (Å²) in [5.74, 6) is 0.260. The number of carboxylic acid groups (broad SMARTS) is 1. The fourth-order valence-corrected chi connectivity index (χ4v) is 2.99. The number of hydrogen-bond donors (Lipinski definition) is 2. The highest BCUT2D eigenvalue weighted by atomic mass is 16.4. The molecule has 0 fully saturated rings. The second-order valence-electron chi connectivity index (χ2n) is 7.99. The van der Waals surface area contributed by atoms with Crippen LogP contribution >= 0.6 is 0 Å². The summed E-state index contributed by atoms with van der Waals surface area (Å²) in [6.07, 6.45) is 16.9. The SMILES string of the molecule is C=CC(N)=O.CCCCC(CC)CC=C(CCCCCCCC(C)C)C(=O)O. The van der Waals surface area contributed by atoms with E-state index in [0.29, 0.717) is 11.5 Å². The van der Waals surface area contributed by atoms with E-state index >= 15 is 0 Å². The number of carbonyl (C=O) groups is 2. The number of rotatable bonds is 16. The highest BCUT2D eigenvalue weighted by Crippen LogP contribution is 2.20. The van der Waals surface area contributed by atoms with Crippen LogP contribution in [0.3, 0.4) is 0 Å². The van der Waals surface area contributed by atoms with Crippen LogP contribution in [0.2, 0.25) is 0 Å². The van der Waals surface area contributed by atoms with E-state index in [-0.39, 0.29) is 0 Å². The monoisotopic (exact) mass is 395 g/mol. The van der Waals surface area contributed by atoms with Crippen molar-refractivity contribution >= 4 is 11.9 Å². The number of primary amides is 1. The van der Waals surface area contributed by atoms with E-state index in [1.54, 1.807) is 0 Å². The molecule has 0 aromatic heterocycles. The lowest BCUT2D eigenvalue weighted by atomic mass is 9.94. The van der Waals surface area contributed by atoms with E-state index in [2.05, 4.69) is 40.0 Å². The maximum absolute atomic E-state index is 11.4. The molecule has 1 atom stereocenters. The summed E-state index contributed by atoms with van der Waals surface area (Å²) in [5.41, 5.74) is 5.18. The van der Waals surface area contributed by atoms with Gasteiger partial charge in [-0.1, -0.05) is 98.1 Å². The minimum absolute atomic E-state index is 0.481. The van der Waals surface area contributed by atoms with Crippen molar-refractivity contribution in [3.05, 3.63) is 24.3 Å². The van der Waals surface area contributed by atoms with Gasteiger partial charge in [0.2, 0.25) is 5.91 Å². The molecule has 0 aliphatic carbocycles. The van der Waals surface area contributed by atoms with Gasteiger partial charge in [0.05, 0.1) is 0 Å². The summed E-state index contributed by atoms with van der Waals surface area (Å²) in [6.45, 7) is 12.1. The van der Waals surface area contributed by atoms with Gasteiger partial charge in [-0.15, -0.1) is 0 Å². The van der Waals surface area contributed by atoms with Gasteiger partial charge in [0.1, 0.15) is 0 Å². The van der Waals surface area contributed by atoms with E-state index in [9.17, 15) is 14.7 Å². The van der Waals surface area contributed by atoms with Crippen LogP contribution in [0.1, 0.15) is 105 Å². The number of hydrogen-bond acceptors (Lipinski definition) is 2. The Morgan fingerprint density at radius 3 is 2.04 bits per heavy atom. The molecule has 0 spiro atoms. The molecule has 0 radical (unpaired) electrons. The summed E-state index contributed by atoms with van der Waals surface area (Å²) < 4.78 is 0. The van der Waals surface area contributed by atoms with Crippen molar-refractivity contribution in [3.8, 4) is 0 Å². The van der Waals surface area contributed by atoms with Crippen LogP contribution in [0, 0.1) is 11.8 Å². The summed E-state index contributed by atoms with van der Waals surface area (Å²) in [6, 6.07) is 0. The molecule has 0 aromatic rings. The molecule has 1 unspecified atom stereocenters. The van der Waals surface area contributed by atoms with Crippen molar-refractivity contribution < 1.29 is 14.7 Å². The van der Waals surface area contributed by atoms with Gasteiger partial charge in [-0.2, -0.15) is 0 Å². The Hall–Kier alpha value is -1.58. The molecule has 0 heterocycles. The quantitative estimate of drug-likeness (QED) is 0.227. The van der Waals surface area contributed by atoms with Crippen LogP contribution in [0.4, 0.5) is 0 Å². The Morgan fingerprint density at radius 2 is 1.57 bits per heavy atom. The highest BCUT2D eigenvalue weighted by Gasteiger charge is 2.09. The van der Waals surface area contributed by atoms with E-state index in [1.165, 1.54) is 44.9 Å². The van der Waals surface area contributed by atoms with Crippen LogP contribution in [0.5, 0.6) is 0 Å². The molecule has 0 saturated heterocycles. The van der Waals surface area contributed by atoms with E-state index < -0.39 is 11.9 Å². The lowest BCUT2D eigenvalue weighted by Gasteiger charge is -2.12. The molecule has 1 amide bonds. The first-order valence-electron chi connectivity index (χ1n) is 11.1. The van der Waals surface area contributed by atoms with Gasteiger partial charge >= 0.3 is 5.97 Å². The molecule has 0 aromatic carbocycles. The molecule has 0 saturated carbocycles. The Kier molecular flexibility index (Phi) is 20.6. The predicted octanol–water partition coefficient (Wildman–Crippen LogP) is 6.65. The lowest BCUT2D eigenvalue weighted by Crippen LogP contribution is -2.04. The Morgan fingerprint density at radius 1 is 1.00 bits per heavy atom. The normalized spacial score (nSPS) is 12.2. The smallest absolute Gasteiger partial charge is 0.331 e. The first kappa shape index (κ1) is 28.6. The van der Waals surface area contributed by atoms with Crippen molar-refractivity contribution in [2.24, 2.45) is 17.6 Å². The van der Waals surface area contributed by atoms with Crippen LogP contribution in [-0.2, 0) is 9.59 Å². The third-order valence-corrected chi connectivity index (χ3v) is 4.94. The second kappa shape index (κ2) is 20.2. The molecule has 164 valence electrons. The highest BCUT2D eigenvalue weighted by molar-refractivity contribution is 5.86. The maximum atomic E-state index is 11.4. The number of unbranched alkanes of at least 4 members (excludes halogenated alkanes) is 5. The average molecular weight is 396 g/mol. The number of nitrogens with two attached hydrogens (primary N) is 1. The van der Waals surface area contributed by atoms with Crippen molar-refractivity contribution in [2.75, 3.05) is 0 Å². The molecule has 0 rings (SSSR count). The van der Waals surface area contributed by atoms with E-state index in [0.717, 1.165) is 44.1 Å². The minimum atomic E-state index is -0.713. The molecule has 28 heavy (non-hydrogen) atoms. The largest absolute Gasteiger partial charge is 0.478 e. The third-order valence-electron chi connectivity index (χ3n) is 4.94. The van der Waals surface area contributed by atoms with Gasteiger partial charge in [0.25, 0.3) is 0 Å². The zero-order valence-electron chi connectivity index (χ0n) is 18.8. The molecule has 0 aliphatic heterocycles. The minimum Gasteiger partial charge on any atom is -0.478 e. The van der Waals surface area contributed by atoms with Gasteiger partial charge in [-0.05, 0) is 37.2 Å². The molecule has 4 nitrogen and oxygen atoms in total. The first-order valence-corrected chi connectivity index (χ1v) is 11.1. The zero-order valence-corrected chi connectivity index (χ0v) is 18.8. The first-order chi connectivity index (χ1) is 13.3. The Bertz CT molecular complexity index is 441. The zero-order chi connectivity index (χ0) is 21.8. The van der Waals surface area contributed by atoms with Crippen LogP contribution in [0.15, 0.2) is 24.3 Å². The predicted molar refractivity (Wildman–Crippen MR) is 120 cm³/mol. The summed E-state index contributed by atoms with van der Waals surface area (Å²) in [4.78, 5) is 20.9. The number of amides is 1. The van der Waals surface area contributed by atoms with Crippen LogP contribution in [-0.4, -0.2) is 17.0 Å². The van der Waals surface area contributed by atoms with Crippen LogP contribution in [0.25, 0.3) is 0 Å². The summed E-state index contributed by atoms with van der Waals surface area (Å²) >= 11 is 0. The molecule has 0 bridgehead atoms. The molecule has 4 heteroatoms. The molecule has 3 N–H and O–H groups in total. The Labute approximate surface area is 173 Å². The van der Waals surface area contributed by atoms with Gasteiger partial charge in [0.15, 0.2) is 0 Å². The number of carbonyl (C=O) groups excluding carboxylic acids is 1. The van der Waals surface area contributed by atoms with Gasteiger partial charge in [-0.25, -0.2) is 4.79 Å².